The van der Waals surface area contributed by atoms with Crippen LogP contribution >= 0.6 is 0 Å². The fourth-order valence-corrected chi connectivity index (χ4v) is 3.75. The maximum absolute atomic E-state index is 12.9. The molecule has 2 aromatic carbocycles. The second-order valence-corrected chi connectivity index (χ2v) is 8.10. The number of amides is 3. The third-order valence-electron chi connectivity index (χ3n) is 5.50. The van der Waals surface area contributed by atoms with E-state index in [9.17, 15) is 27.6 Å². The monoisotopic (exact) mass is 482 g/mol. The van der Waals surface area contributed by atoms with E-state index in [0.717, 1.165) is 17.8 Å². The summed E-state index contributed by atoms with van der Waals surface area (Å²) in [6, 6.07) is 15.7. The number of carbonyl (C=O) groups excluding carboxylic acids is 3. The molecule has 1 saturated heterocycles. The van der Waals surface area contributed by atoms with Crippen molar-refractivity contribution in [3.8, 4) is 0 Å². The summed E-state index contributed by atoms with van der Waals surface area (Å²) in [6.45, 7) is 0.561. The Bertz CT molecular complexity index is 1250. The number of carbonyl (C=O) groups is 3. The molecule has 10 heteroatoms. The van der Waals surface area contributed by atoms with Gasteiger partial charge in [0.05, 0.1) is 23.7 Å². The lowest BCUT2D eigenvalue weighted by Gasteiger charge is -2.16. The van der Waals surface area contributed by atoms with Gasteiger partial charge in [-0.05, 0) is 48.5 Å². The van der Waals surface area contributed by atoms with Gasteiger partial charge in [0, 0.05) is 36.1 Å². The first-order valence-electron chi connectivity index (χ1n) is 10.8. The zero-order valence-electron chi connectivity index (χ0n) is 18.4. The molecule has 0 saturated carbocycles. The van der Waals surface area contributed by atoms with Crippen molar-refractivity contribution in [1.82, 2.24) is 9.88 Å². The zero-order chi connectivity index (χ0) is 25.0. The molecular formula is C25H21F3N4O3. The number of hydrogen-bond donors (Lipinski definition) is 2. The lowest BCUT2D eigenvalue weighted by molar-refractivity contribution is -0.137. The van der Waals surface area contributed by atoms with Gasteiger partial charge in [0.15, 0.2) is 0 Å². The minimum atomic E-state index is -4.53. The number of likely N-dealkylation sites (tertiary alicyclic amines) is 1. The lowest BCUT2D eigenvalue weighted by Crippen LogP contribution is -2.28. The van der Waals surface area contributed by atoms with Crippen molar-refractivity contribution in [1.29, 1.82) is 0 Å². The van der Waals surface area contributed by atoms with Crippen LogP contribution in [0, 0.1) is 5.92 Å². The van der Waals surface area contributed by atoms with Crippen LogP contribution in [0.25, 0.3) is 0 Å². The Labute approximate surface area is 199 Å². The Morgan fingerprint density at radius 1 is 0.971 bits per heavy atom. The smallest absolute Gasteiger partial charge is 0.336 e. The predicted octanol–water partition coefficient (Wildman–Crippen LogP) is 4.34. The van der Waals surface area contributed by atoms with Crippen molar-refractivity contribution < 1.29 is 27.6 Å². The molecule has 35 heavy (non-hydrogen) atoms. The van der Waals surface area contributed by atoms with Crippen LogP contribution in [0.1, 0.15) is 28.0 Å². The zero-order valence-corrected chi connectivity index (χ0v) is 18.4. The van der Waals surface area contributed by atoms with Crippen molar-refractivity contribution >= 4 is 29.1 Å². The van der Waals surface area contributed by atoms with Gasteiger partial charge in [0.25, 0.3) is 5.91 Å². The summed E-state index contributed by atoms with van der Waals surface area (Å²) < 4.78 is 38.7. The van der Waals surface area contributed by atoms with Gasteiger partial charge in [0.2, 0.25) is 11.8 Å². The van der Waals surface area contributed by atoms with Crippen molar-refractivity contribution in [3.05, 3.63) is 89.7 Å². The number of nitrogens with zero attached hydrogens (tertiary/aromatic N) is 2. The lowest BCUT2D eigenvalue weighted by atomic mass is 10.1. The van der Waals surface area contributed by atoms with Crippen LogP contribution < -0.4 is 10.6 Å². The van der Waals surface area contributed by atoms with E-state index in [2.05, 4.69) is 15.6 Å². The number of alkyl halides is 3. The van der Waals surface area contributed by atoms with Crippen LogP contribution in [0.2, 0.25) is 0 Å². The molecule has 0 radical (unpaired) electrons. The number of pyridine rings is 1. The van der Waals surface area contributed by atoms with E-state index in [4.69, 9.17) is 0 Å². The quantitative estimate of drug-likeness (QED) is 0.547. The average Bonchev–Trinajstić information content (AvgIpc) is 3.20. The van der Waals surface area contributed by atoms with Crippen LogP contribution in [0.5, 0.6) is 0 Å². The van der Waals surface area contributed by atoms with E-state index in [-0.39, 0.29) is 36.0 Å². The summed E-state index contributed by atoms with van der Waals surface area (Å²) in [7, 11) is 0. The second-order valence-electron chi connectivity index (χ2n) is 8.10. The largest absolute Gasteiger partial charge is 0.416 e. The number of anilines is 2. The highest BCUT2D eigenvalue weighted by atomic mass is 19.4. The summed E-state index contributed by atoms with van der Waals surface area (Å²) in [4.78, 5) is 43.4. The number of halogens is 3. The summed E-state index contributed by atoms with van der Waals surface area (Å²) in [5.41, 5.74) is 0.333. The van der Waals surface area contributed by atoms with Crippen molar-refractivity contribution in [2.45, 2.75) is 19.1 Å². The molecule has 2 heterocycles. The van der Waals surface area contributed by atoms with E-state index in [1.165, 1.54) is 24.3 Å². The standard InChI is InChI=1S/C25H21F3N4O3/c26-25(27,28)18-6-4-9-20(13-18)31-23(34)16-5-3-8-19(11-16)30-24(35)17-12-22(33)32(14-17)15-21-7-1-2-10-29-21/h1-11,13,17H,12,14-15H2,(H,30,35)(H,31,34). The van der Waals surface area contributed by atoms with E-state index in [1.807, 2.05) is 6.07 Å². The highest BCUT2D eigenvalue weighted by molar-refractivity contribution is 6.05. The number of nitrogens with one attached hydrogen (secondary N) is 2. The molecule has 1 unspecified atom stereocenters. The molecule has 1 aliphatic heterocycles. The minimum absolute atomic E-state index is 0.00303. The van der Waals surface area contributed by atoms with Crippen LogP contribution in [0.3, 0.4) is 0 Å². The number of hydrogen-bond acceptors (Lipinski definition) is 4. The van der Waals surface area contributed by atoms with Gasteiger partial charge < -0.3 is 15.5 Å². The summed E-state index contributed by atoms with van der Waals surface area (Å²) in [5.74, 6) is -1.70. The van der Waals surface area contributed by atoms with Crippen molar-refractivity contribution in [2.24, 2.45) is 5.92 Å². The van der Waals surface area contributed by atoms with Crippen molar-refractivity contribution in [2.75, 3.05) is 17.2 Å². The molecule has 1 aliphatic rings. The molecular weight excluding hydrogens is 461 g/mol. The normalized spacial score (nSPS) is 15.7. The fourth-order valence-electron chi connectivity index (χ4n) is 3.75. The Hall–Kier alpha value is -4.21. The molecule has 0 aliphatic carbocycles. The average molecular weight is 482 g/mol. The number of aromatic nitrogens is 1. The molecule has 2 N–H and O–H groups in total. The SMILES string of the molecule is O=C(Nc1cccc(C(F)(F)F)c1)c1cccc(NC(=O)C2CC(=O)N(Cc3ccccn3)C2)c1. The summed E-state index contributed by atoms with van der Waals surface area (Å²) in [6.07, 6.45) is -2.83. The van der Waals surface area contributed by atoms with E-state index in [0.29, 0.717) is 12.2 Å². The van der Waals surface area contributed by atoms with Gasteiger partial charge in [0.1, 0.15) is 0 Å². The third-order valence-corrected chi connectivity index (χ3v) is 5.50. The second kappa shape index (κ2) is 9.96. The van der Waals surface area contributed by atoms with Gasteiger partial charge in [-0.1, -0.05) is 18.2 Å². The number of rotatable bonds is 6. The Balaban J connectivity index is 1.38. The first-order valence-corrected chi connectivity index (χ1v) is 10.8. The number of benzene rings is 2. The molecule has 3 amide bonds. The highest BCUT2D eigenvalue weighted by Crippen LogP contribution is 2.31. The first kappa shape index (κ1) is 23.9. The Kier molecular flexibility index (Phi) is 6.81. The summed E-state index contributed by atoms with van der Waals surface area (Å²) >= 11 is 0. The molecule has 1 atom stereocenters. The molecule has 1 aromatic heterocycles. The van der Waals surface area contributed by atoms with Crippen LogP contribution in [-0.4, -0.2) is 34.2 Å². The fraction of sp³-hybridized carbons (Fsp3) is 0.200. The van der Waals surface area contributed by atoms with Gasteiger partial charge in [-0.25, -0.2) is 0 Å². The molecule has 180 valence electrons. The first-order chi connectivity index (χ1) is 16.7. The van der Waals surface area contributed by atoms with Gasteiger partial charge in [-0.2, -0.15) is 13.2 Å². The van der Waals surface area contributed by atoms with Gasteiger partial charge >= 0.3 is 6.18 Å². The maximum atomic E-state index is 12.9. The predicted molar refractivity (Wildman–Crippen MR) is 122 cm³/mol. The molecule has 1 fully saturated rings. The van der Waals surface area contributed by atoms with Crippen LogP contribution in [0.4, 0.5) is 24.5 Å². The van der Waals surface area contributed by atoms with Crippen molar-refractivity contribution in [3.63, 3.8) is 0 Å². The van der Waals surface area contributed by atoms with Gasteiger partial charge in [-0.3, -0.25) is 19.4 Å². The van der Waals surface area contributed by atoms with Crippen LogP contribution in [-0.2, 0) is 22.3 Å². The highest BCUT2D eigenvalue weighted by Gasteiger charge is 2.34. The molecule has 0 bridgehead atoms. The molecule has 4 rings (SSSR count). The van der Waals surface area contributed by atoms with E-state index in [1.54, 1.807) is 35.4 Å². The molecule has 0 spiro atoms. The van der Waals surface area contributed by atoms with E-state index >= 15 is 0 Å². The molecule has 3 aromatic rings. The summed E-state index contributed by atoms with van der Waals surface area (Å²) in [5, 5.41) is 5.15. The topological polar surface area (TPSA) is 91.4 Å². The Morgan fingerprint density at radius 3 is 2.43 bits per heavy atom. The minimum Gasteiger partial charge on any atom is -0.336 e. The maximum Gasteiger partial charge on any atom is 0.416 e. The molecule has 7 nitrogen and oxygen atoms in total. The van der Waals surface area contributed by atoms with E-state index < -0.39 is 23.6 Å². The Morgan fingerprint density at radius 2 is 1.71 bits per heavy atom. The third kappa shape index (κ3) is 6.03. The van der Waals surface area contributed by atoms with Crippen LogP contribution in [0.15, 0.2) is 72.9 Å². The van der Waals surface area contributed by atoms with Gasteiger partial charge in [-0.15, -0.1) is 0 Å².